The third kappa shape index (κ3) is 5.94. The minimum absolute atomic E-state index is 0.0469. The molecule has 0 spiro atoms. The number of fused-ring (bicyclic) bond motifs is 2. The molecule has 30 heavy (non-hydrogen) atoms. The van der Waals surface area contributed by atoms with Crippen LogP contribution in [0.15, 0.2) is 47.3 Å². The number of ether oxygens (including phenoxy) is 2. The fraction of sp³-hybridized carbons (Fsp3) is 0.391. The molecule has 2 aromatic carbocycles. The van der Waals surface area contributed by atoms with Crippen molar-refractivity contribution < 1.29 is 14.3 Å². The summed E-state index contributed by atoms with van der Waals surface area (Å²) in [6, 6.07) is 13.4. The molecule has 7 heteroatoms. The van der Waals surface area contributed by atoms with Crippen LogP contribution in [0.5, 0.6) is 5.75 Å². The highest BCUT2D eigenvalue weighted by atomic mass is 35.5. The molecular formula is C23H26ClNO4S. The highest BCUT2D eigenvalue weighted by Crippen LogP contribution is 2.27. The van der Waals surface area contributed by atoms with E-state index in [1.54, 1.807) is 11.3 Å². The zero-order valence-corrected chi connectivity index (χ0v) is 18.6. The van der Waals surface area contributed by atoms with E-state index in [1.807, 2.05) is 42.5 Å². The summed E-state index contributed by atoms with van der Waals surface area (Å²) in [7, 11) is 0. The summed E-state index contributed by atoms with van der Waals surface area (Å²) >= 11 is 7.14. The molecule has 0 aliphatic heterocycles. The van der Waals surface area contributed by atoms with E-state index in [-0.39, 0.29) is 23.7 Å². The average Bonchev–Trinajstić information content (AvgIpc) is 2.76. The Morgan fingerprint density at radius 3 is 2.67 bits per heavy atom. The number of likely N-dealkylation sites (N-methyl/N-ethyl adjacent to an activating group) is 1. The lowest BCUT2D eigenvalue weighted by molar-refractivity contribution is -0.143. The Balaban J connectivity index is 1.52. The molecule has 0 saturated carbocycles. The first-order valence-corrected chi connectivity index (χ1v) is 11.5. The van der Waals surface area contributed by atoms with Crippen molar-refractivity contribution in [3.63, 3.8) is 0 Å². The Hall–Kier alpha value is -2.15. The number of carbonyl (C=O) groups excluding carboxylic acids is 1. The van der Waals surface area contributed by atoms with Crippen LogP contribution in [0.2, 0.25) is 0 Å². The fourth-order valence-corrected chi connectivity index (χ4v) is 4.42. The largest absolute Gasteiger partial charge is 0.494 e. The van der Waals surface area contributed by atoms with Crippen molar-refractivity contribution in [3.8, 4) is 5.75 Å². The van der Waals surface area contributed by atoms with E-state index in [1.165, 1.54) is 0 Å². The standard InChI is InChI=1S/C23H26ClNO4S/c1-2-25(13-15-29-22(26)10-11-24)12-5-14-28-17-8-9-21-19(16-17)23(27)18-6-3-4-7-20(18)30-21/h3-4,6-9,16H,2,5,10-15H2,1H3. The van der Waals surface area contributed by atoms with Gasteiger partial charge in [-0.3, -0.25) is 9.59 Å². The molecule has 0 saturated heterocycles. The molecule has 1 heterocycles. The number of hydrogen-bond donors (Lipinski definition) is 0. The summed E-state index contributed by atoms with van der Waals surface area (Å²) in [5.74, 6) is 0.736. The van der Waals surface area contributed by atoms with E-state index < -0.39 is 0 Å². The second-order valence-corrected chi connectivity index (χ2v) is 8.34. The van der Waals surface area contributed by atoms with Crippen molar-refractivity contribution in [1.82, 2.24) is 4.90 Å². The van der Waals surface area contributed by atoms with Gasteiger partial charge in [0.05, 0.1) is 13.0 Å². The van der Waals surface area contributed by atoms with E-state index in [0.717, 1.165) is 34.3 Å². The van der Waals surface area contributed by atoms with Crippen LogP contribution >= 0.6 is 22.9 Å². The number of rotatable bonds is 11. The lowest BCUT2D eigenvalue weighted by Gasteiger charge is -2.20. The summed E-state index contributed by atoms with van der Waals surface area (Å²) in [4.78, 5) is 26.4. The minimum Gasteiger partial charge on any atom is -0.494 e. The van der Waals surface area contributed by atoms with Crippen molar-refractivity contribution in [2.45, 2.75) is 19.8 Å². The van der Waals surface area contributed by atoms with Crippen LogP contribution in [0.4, 0.5) is 0 Å². The number of hydrogen-bond acceptors (Lipinski definition) is 6. The Morgan fingerprint density at radius 2 is 1.87 bits per heavy atom. The maximum atomic E-state index is 12.8. The molecule has 3 aromatic rings. The molecule has 0 atom stereocenters. The maximum Gasteiger partial charge on any atom is 0.307 e. The summed E-state index contributed by atoms with van der Waals surface area (Å²) in [5.41, 5.74) is 0.0469. The van der Waals surface area contributed by atoms with Crippen molar-refractivity contribution >= 4 is 49.1 Å². The van der Waals surface area contributed by atoms with Gasteiger partial charge in [-0.2, -0.15) is 0 Å². The van der Waals surface area contributed by atoms with Crippen molar-refractivity contribution in [2.75, 3.05) is 38.7 Å². The molecule has 0 fully saturated rings. The zero-order chi connectivity index (χ0) is 21.3. The maximum absolute atomic E-state index is 12.8. The smallest absolute Gasteiger partial charge is 0.307 e. The summed E-state index contributed by atoms with van der Waals surface area (Å²) in [6.07, 6.45) is 1.08. The van der Waals surface area contributed by atoms with Gasteiger partial charge in [-0.25, -0.2) is 0 Å². The van der Waals surface area contributed by atoms with Gasteiger partial charge < -0.3 is 14.4 Å². The van der Waals surface area contributed by atoms with Crippen LogP contribution in [0, 0.1) is 0 Å². The molecular weight excluding hydrogens is 422 g/mol. The SMILES string of the molecule is CCN(CCCOc1ccc2sc3ccccc3c(=O)c2c1)CCOC(=O)CCCl. The molecule has 160 valence electrons. The van der Waals surface area contributed by atoms with Gasteiger partial charge in [0.25, 0.3) is 0 Å². The van der Waals surface area contributed by atoms with Gasteiger partial charge in [-0.05, 0) is 43.3 Å². The van der Waals surface area contributed by atoms with Crippen LogP contribution in [-0.4, -0.2) is 49.6 Å². The molecule has 0 unspecified atom stereocenters. The Labute approximate surface area is 185 Å². The van der Waals surface area contributed by atoms with Crippen LogP contribution in [0.3, 0.4) is 0 Å². The fourth-order valence-electron chi connectivity index (χ4n) is 3.22. The monoisotopic (exact) mass is 447 g/mol. The molecule has 5 nitrogen and oxygen atoms in total. The molecule has 1 aromatic heterocycles. The van der Waals surface area contributed by atoms with E-state index >= 15 is 0 Å². The molecule has 0 aliphatic carbocycles. The van der Waals surface area contributed by atoms with Gasteiger partial charge in [0.1, 0.15) is 12.4 Å². The highest BCUT2D eigenvalue weighted by Gasteiger charge is 2.08. The second-order valence-electron chi connectivity index (χ2n) is 6.88. The third-order valence-corrected chi connectivity index (χ3v) is 6.19. The van der Waals surface area contributed by atoms with E-state index in [0.29, 0.717) is 30.9 Å². The lowest BCUT2D eigenvalue weighted by atomic mass is 10.2. The van der Waals surface area contributed by atoms with E-state index in [9.17, 15) is 9.59 Å². The molecule has 3 rings (SSSR count). The van der Waals surface area contributed by atoms with Crippen molar-refractivity contribution in [3.05, 3.63) is 52.7 Å². The first kappa shape index (κ1) is 22.5. The third-order valence-electron chi connectivity index (χ3n) is 4.85. The quantitative estimate of drug-likeness (QED) is 0.185. The Bertz CT molecular complexity index is 1050. The Morgan fingerprint density at radius 1 is 1.07 bits per heavy atom. The molecule has 0 aliphatic rings. The highest BCUT2D eigenvalue weighted by molar-refractivity contribution is 7.24. The zero-order valence-electron chi connectivity index (χ0n) is 17.1. The first-order valence-electron chi connectivity index (χ1n) is 10.1. The van der Waals surface area contributed by atoms with Gasteiger partial charge in [0.2, 0.25) is 0 Å². The van der Waals surface area contributed by atoms with Crippen LogP contribution in [0.25, 0.3) is 20.2 Å². The van der Waals surface area contributed by atoms with Crippen molar-refractivity contribution in [1.29, 1.82) is 0 Å². The lowest BCUT2D eigenvalue weighted by Crippen LogP contribution is -2.30. The number of halogens is 1. The number of alkyl halides is 1. The molecule has 0 N–H and O–H groups in total. The van der Waals surface area contributed by atoms with Crippen LogP contribution in [0.1, 0.15) is 19.8 Å². The van der Waals surface area contributed by atoms with Gasteiger partial charge in [0.15, 0.2) is 5.43 Å². The number of benzene rings is 2. The number of nitrogens with zero attached hydrogens (tertiary/aromatic N) is 1. The topological polar surface area (TPSA) is 55.8 Å². The second kappa shape index (κ2) is 11.3. The number of carbonyl (C=O) groups is 1. The van der Waals surface area contributed by atoms with Crippen LogP contribution in [-0.2, 0) is 9.53 Å². The molecule has 0 radical (unpaired) electrons. The summed E-state index contributed by atoms with van der Waals surface area (Å²) < 4.78 is 13.0. The summed E-state index contributed by atoms with van der Waals surface area (Å²) in [5, 5.41) is 1.45. The van der Waals surface area contributed by atoms with Gasteiger partial charge >= 0.3 is 5.97 Å². The van der Waals surface area contributed by atoms with Crippen LogP contribution < -0.4 is 10.2 Å². The number of esters is 1. The molecule has 0 bridgehead atoms. The first-order chi connectivity index (χ1) is 14.6. The predicted octanol–water partition coefficient (Wildman–Crippen LogP) is 4.68. The van der Waals surface area contributed by atoms with Crippen molar-refractivity contribution in [2.24, 2.45) is 0 Å². The minimum atomic E-state index is -0.257. The van der Waals surface area contributed by atoms with Gasteiger partial charge in [-0.15, -0.1) is 22.9 Å². The van der Waals surface area contributed by atoms with Gasteiger partial charge in [0, 0.05) is 39.1 Å². The Kier molecular flexibility index (Phi) is 8.49. The molecule has 0 amide bonds. The normalized spacial score (nSPS) is 11.3. The van der Waals surface area contributed by atoms with Gasteiger partial charge in [-0.1, -0.05) is 19.1 Å². The summed E-state index contributed by atoms with van der Waals surface area (Å²) in [6.45, 7) is 5.41. The van der Waals surface area contributed by atoms with E-state index in [2.05, 4.69) is 11.8 Å². The average molecular weight is 448 g/mol. The van der Waals surface area contributed by atoms with E-state index in [4.69, 9.17) is 21.1 Å². The predicted molar refractivity (Wildman–Crippen MR) is 124 cm³/mol.